The summed E-state index contributed by atoms with van der Waals surface area (Å²) in [5, 5.41) is 6.79. The number of carbonyl (C=O) groups excluding carboxylic acids is 1. The van der Waals surface area contributed by atoms with Crippen LogP contribution < -0.4 is 5.32 Å². The summed E-state index contributed by atoms with van der Waals surface area (Å²) in [5.74, 6) is -0.112. The lowest BCUT2D eigenvalue weighted by atomic mass is 10.0. The number of benzene rings is 2. The molecule has 0 aliphatic rings. The third kappa shape index (κ3) is 3.83. The Kier molecular flexibility index (Phi) is 5.17. The van der Waals surface area contributed by atoms with Crippen molar-refractivity contribution in [3.05, 3.63) is 77.6 Å². The molecular weight excluding hydrogens is 326 g/mol. The van der Waals surface area contributed by atoms with Gasteiger partial charge in [0.05, 0.1) is 11.8 Å². The molecule has 1 aromatic heterocycles. The van der Waals surface area contributed by atoms with Crippen LogP contribution in [0.5, 0.6) is 0 Å². The fourth-order valence-electron chi connectivity index (χ4n) is 2.85. The highest BCUT2D eigenvalue weighted by atomic mass is 16.6. The number of amides is 1. The van der Waals surface area contributed by atoms with Gasteiger partial charge in [-0.2, -0.15) is 0 Å². The van der Waals surface area contributed by atoms with E-state index in [4.69, 9.17) is 4.84 Å². The summed E-state index contributed by atoms with van der Waals surface area (Å²) in [7, 11) is 3.42. The van der Waals surface area contributed by atoms with Crippen LogP contribution in [-0.2, 0) is 11.9 Å². The standard InChI is InChI=1S/C21H21N3O2/c1-15-13-24(2)14-19(15)21(25)23-20-7-5-4-6-18(20)17-10-8-16(9-11-17)12-22-26-3/h4-14H,1-3H3,(H,23,25)/b22-12-. The Bertz CT molecular complexity index is 940. The van der Waals surface area contributed by atoms with Crippen LogP contribution in [0.25, 0.3) is 11.1 Å². The zero-order valence-corrected chi connectivity index (χ0v) is 15.1. The Morgan fingerprint density at radius 1 is 1.12 bits per heavy atom. The SMILES string of the molecule is CO/N=C\c1ccc(-c2ccccc2NC(=O)c2cn(C)cc2C)cc1. The van der Waals surface area contributed by atoms with Crippen molar-refractivity contribution in [3.63, 3.8) is 0 Å². The molecular formula is C21H21N3O2. The summed E-state index contributed by atoms with van der Waals surface area (Å²) in [5.41, 5.74) is 5.32. The first kappa shape index (κ1) is 17.5. The smallest absolute Gasteiger partial charge is 0.257 e. The van der Waals surface area contributed by atoms with Crippen LogP contribution in [0.1, 0.15) is 21.5 Å². The molecule has 3 aromatic rings. The lowest BCUT2D eigenvalue weighted by Gasteiger charge is -2.11. The lowest BCUT2D eigenvalue weighted by Crippen LogP contribution is -2.13. The van der Waals surface area contributed by atoms with Gasteiger partial charge < -0.3 is 14.7 Å². The van der Waals surface area contributed by atoms with Crippen molar-refractivity contribution >= 4 is 17.8 Å². The molecule has 132 valence electrons. The Morgan fingerprint density at radius 3 is 2.50 bits per heavy atom. The first-order chi connectivity index (χ1) is 12.6. The van der Waals surface area contributed by atoms with Crippen molar-refractivity contribution < 1.29 is 9.63 Å². The molecule has 0 spiro atoms. The van der Waals surface area contributed by atoms with Gasteiger partial charge in [0, 0.05) is 30.7 Å². The third-order valence-corrected chi connectivity index (χ3v) is 4.10. The maximum atomic E-state index is 12.6. The molecule has 0 unspecified atom stereocenters. The number of hydrogen-bond acceptors (Lipinski definition) is 3. The molecule has 0 saturated heterocycles. The van der Waals surface area contributed by atoms with E-state index in [0.717, 1.165) is 27.9 Å². The summed E-state index contributed by atoms with van der Waals surface area (Å²) in [4.78, 5) is 17.3. The van der Waals surface area contributed by atoms with E-state index in [1.165, 1.54) is 7.11 Å². The number of oxime groups is 1. The highest BCUT2D eigenvalue weighted by molar-refractivity contribution is 6.07. The van der Waals surface area contributed by atoms with E-state index in [0.29, 0.717) is 5.56 Å². The summed E-state index contributed by atoms with van der Waals surface area (Å²) < 4.78 is 1.89. The highest BCUT2D eigenvalue weighted by Gasteiger charge is 2.13. The summed E-state index contributed by atoms with van der Waals surface area (Å²) in [6, 6.07) is 15.7. The predicted octanol–water partition coefficient (Wildman–Crippen LogP) is 4.23. The molecule has 2 aromatic carbocycles. The van der Waals surface area contributed by atoms with Crippen LogP contribution in [0.3, 0.4) is 0 Å². The zero-order chi connectivity index (χ0) is 18.5. The number of anilines is 1. The number of rotatable bonds is 5. The van der Waals surface area contributed by atoms with Crippen LogP contribution >= 0.6 is 0 Å². The van der Waals surface area contributed by atoms with Gasteiger partial charge in [-0.25, -0.2) is 0 Å². The summed E-state index contributed by atoms with van der Waals surface area (Å²) in [6.45, 7) is 1.93. The number of para-hydroxylation sites is 1. The first-order valence-corrected chi connectivity index (χ1v) is 8.28. The highest BCUT2D eigenvalue weighted by Crippen LogP contribution is 2.28. The fourth-order valence-corrected chi connectivity index (χ4v) is 2.85. The van der Waals surface area contributed by atoms with E-state index in [1.54, 1.807) is 6.21 Å². The molecule has 0 bridgehead atoms. The lowest BCUT2D eigenvalue weighted by molar-refractivity contribution is 0.102. The largest absolute Gasteiger partial charge is 0.399 e. The van der Waals surface area contributed by atoms with Gasteiger partial charge in [-0.1, -0.05) is 47.6 Å². The normalized spacial score (nSPS) is 10.9. The van der Waals surface area contributed by atoms with Gasteiger partial charge in [0.25, 0.3) is 5.91 Å². The minimum Gasteiger partial charge on any atom is -0.399 e. The Balaban J connectivity index is 1.87. The molecule has 0 saturated carbocycles. The molecule has 0 atom stereocenters. The molecule has 0 aliphatic heterocycles. The average molecular weight is 347 g/mol. The van der Waals surface area contributed by atoms with Crippen molar-refractivity contribution in [2.75, 3.05) is 12.4 Å². The van der Waals surface area contributed by atoms with Crippen LogP contribution in [0.4, 0.5) is 5.69 Å². The molecule has 0 radical (unpaired) electrons. The van der Waals surface area contributed by atoms with E-state index >= 15 is 0 Å². The number of nitrogens with zero attached hydrogens (tertiary/aromatic N) is 2. The van der Waals surface area contributed by atoms with Gasteiger partial charge >= 0.3 is 0 Å². The average Bonchev–Trinajstić information content (AvgIpc) is 2.99. The second-order valence-corrected chi connectivity index (χ2v) is 6.06. The molecule has 5 nitrogen and oxygen atoms in total. The maximum absolute atomic E-state index is 12.6. The van der Waals surface area contributed by atoms with Crippen LogP contribution in [0.2, 0.25) is 0 Å². The first-order valence-electron chi connectivity index (χ1n) is 8.28. The van der Waals surface area contributed by atoms with Crippen molar-refractivity contribution in [2.24, 2.45) is 12.2 Å². The second kappa shape index (κ2) is 7.70. The third-order valence-electron chi connectivity index (χ3n) is 4.10. The Labute approximate surface area is 152 Å². The molecule has 0 fully saturated rings. The maximum Gasteiger partial charge on any atom is 0.257 e. The molecule has 1 heterocycles. The van der Waals surface area contributed by atoms with E-state index in [2.05, 4.69) is 10.5 Å². The number of hydrogen-bond donors (Lipinski definition) is 1. The predicted molar refractivity (Wildman–Crippen MR) is 105 cm³/mol. The minimum atomic E-state index is -0.112. The monoisotopic (exact) mass is 347 g/mol. The summed E-state index contributed by atoms with van der Waals surface area (Å²) in [6.07, 6.45) is 5.41. The van der Waals surface area contributed by atoms with Crippen LogP contribution in [0, 0.1) is 6.92 Å². The van der Waals surface area contributed by atoms with E-state index in [-0.39, 0.29) is 5.91 Å². The topological polar surface area (TPSA) is 55.6 Å². The van der Waals surface area contributed by atoms with Gasteiger partial charge in [-0.3, -0.25) is 4.79 Å². The van der Waals surface area contributed by atoms with E-state index in [9.17, 15) is 4.79 Å². The van der Waals surface area contributed by atoms with Crippen molar-refractivity contribution in [3.8, 4) is 11.1 Å². The molecule has 3 rings (SSSR count). The number of aromatic nitrogens is 1. The van der Waals surface area contributed by atoms with Gasteiger partial charge in [-0.15, -0.1) is 0 Å². The summed E-state index contributed by atoms with van der Waals surface area (Å²) >= 11 is 0. The van der Waals surface area contributed by atoms with Gasteiger partial charge in [0.1, 0.15) is 7.11 Å². The van der Waals surface area contributed by atoms with Crippen molar-refractivity contribution in [1.82, 2.24) is 4.57 Å². The van der Waals surface area contributed by atoms with E-state index < -0.39 is 0 Å². The molecule has 0 aliphatic carbocycles. The molecule has 26 heavy (non-hydrogen) atoms. The van der Waals surface area contributed by atoms with Crippen molar-refractivity contribution in [2.45, 2.75) is 6.92 Å². The minimum absolute atomic E-state index is 0.112. The zero-order valence-electron chi connectivity index (χ0n) is 15.1. The molecule has 5 heteroatoms. The van der Waals surface area contributed by atoms with Crippen LogP contribution in [-0.4, -0.2) is 23.8 Å². The van der Waals surface area contributed by atoms with Crippen LogP contribution in [0.15, 0.2) is 66.1 Å². The molecule has 1 N–H and O–H groups in total. The quantitative estimate of drug-likeness (QED) is 0.554. The van der Waals surface area contributed by atoms with Gasteiger partial charge in [-0.05, 0) is 29.7 Å². The second-order valence-electron chi connectivity index (χ2n) is 6.06. The molecule has 1 amide bonds. The number of carbonyl (C=O) groups is 1. The number of nitrogens with one attached hydrogen (secondary N) is 1. The van der Waals surface area contributed by atoms with Gasteiger partial charge in [0.15, 0.2) is 0 Å². The Morgan fingerprint density at radius 2 is 1.85 bits per heavy atom. The van der Waals surface area contributed by atoms with Gasteiger partial charge in [0.2, 0.25) is 0 Å². The van der Waals surface area contributed by atoms with E-state index in [1.807, 2.05) is 79.5 Å². The van der Waals surface area contributed by atoms with Crippen molar-refractivity contribution in [1.29, 1.82) is 0 Å². The fraction of sp³-hybridized carbons (Fsp3) is 0.143. The Hall–Kier alpha value is -3.34. The number of aryl methyl sites for hydroxylation is 2.